The number of aromatic amines is 1. The average Bonchev–Trinajstić information content (AvgIpc) is 2.81. The first kappa shape index (κ1) is 19.5. The van der Waals surface area contributed by atoms with Crippen LogP contribution in [0.4, 0.5) is 11.4 Å². The molecule has 2 aromatic heterocycles. The standard InChI is InChI=1S/C18H21N5O2.ClH/c1-9-5-6-12(19)7-14(9)21-15(24)8-13-10(2)16-17(20-11(13)3)23(4)22-18(16)25;/h5-7H,8,19H2,1-4H3,(H,21,24)(H,22,25);1H. The molecule has 0 saturated carbocycles. The van der Waals surface area contributed by atoms with E-state index in [1.165, 1.54) is 0 Å². The quantitative estimate of drug-likeness (QED) is 0.611. The number of nitrogen functional groups attached to an aromatic ring is 1. The second-order valence-corrected chi connectivity index (χ2v) is 6.30. The van der Waals surface area contributed by atoms with E-state index in [4.69, 9.17) is 5.73 Å². The Morgan fingerprint density at radius 1 is 1.31 bits per heavy atom. The Bertz CT molecular complexity index is 1050. The molecule has 0 saturated heterocycles. The van der Waals surface area contributed by atoms with Gasteiger partial charge >= 0.3 is 0 Å². The van der Waals surface area contributed by atoms with E-state index >= 15 is 0 Å². The molecule has 0 aliphatic rings. The van der Waals surface area contributed by atoms with Gasteiger partial charge in [-0.25, -0.2) is 4.98 Å². The van der Waals surface area contributed by atoms with Crippen molar-refractivity contribution in [3.63, 3.8) is 0 Å². The number of carbonyl (C=O) groups excluding carboxylic acids is 1. The zero-order valence-electron chi connectivity index (χ0n) is 15.1. The number of hydrogen-bond donors (Lipinski definition) is 3. The molecule has 0 spiro atoms. The van der Waals surface area contributed by atoms with Crippen molar-refractivity contribution in [2.24, 2.45) is 7.05 Å². The molecule has 0 bridgehead atoms. The highest BCUT2D eigenvalue weighted by Gasteiger charge is 2.17. The number of nitrogens with zero attached hydrogens (tertiary/aromatic N) is 2. The maximum Gasteiger partial charge on any atom is 0.273 e. The Labute approximate surface area is 157 Å². The summed E-state index contributed by atoms with van der Waals surface area (Å²) in [6.07, 6.45) is 0.142. The summed E-state index contributed by atoms with van der Waals surface area (Å²) >= 11 is 0. The van der Waals surface area contributed by atoms with Gasteiger partial charge in [0.15, 0.2) is 5.65 Å². The summed E-state index contributed by atoms with van der Waals surface area (Å²) < 4.78 is 1.59. The Balaban J connectivity index is 0.00000243. The van der Waals surface area contributed by atoms with Crippen molar-refractivity contribution in [3.05, 3.63) is 50.9 Å². The predicted octanol–water partition coefficient (Wildman–Crippen LogP) is 2.37. The zero-order valence-corrected chi connectivity index (χ0v) is 16.0. The van der Waals surface area contributed by atoms with Crippen LogP contribution in [0.3, 0.4) is 0 Å². The Morgan fingerprint density at radius 3 is 2.69 bits per heavy atom. The van der Waals surface area contributed by atoms with Crippen LogP contribution in [0.2, 0.25) is 0 Å². The fraction of sp³-hybridized carbons (Fsp3) is 0.278. The third kappa shape index (κ3) is 3.43. The number of halogens is 1. The highest BCUT2D eigenvalue weighted by molar-refractivity contribution is 5.94. The Hall–Kier alpha value is -2.80. The van der Waals surface area contributed by atoms with Crippen LogP contribution in [0.15, 0.2) is 23.0 Å². The zero-order chi connectivity index (χ0) is 18.3. The Kier molecular flexibility index (Phi) is 5.41. The van der Waals surface area contributed by atoms with Crippen molar-refractivity contribution >= 4 is 40.7 Å². The summed E-state index contributed by atoms with van der Waals surface area (Å²) in [5.74, 6) is -0.173. The van der Waals surface area contributed by atoms with E-state index in [0.717, 1.165) is 22.4 Å². The van der Waals surface area contributed by atoms with E-state index in [1.807, 2.05) is 26.8 Å². The van der Waals surface area contributed by atoms with Crippen LogP contribution in [0, 0.1) is 20.8 Å². The number of nitrogens with one attached hydrogen (secondary N) is 2. The van der Waals surface area contributed by atoms with Crippen LogP contribution in [0.5, 0.6) is 0 Å². The third-order valence-corrected chi connectivity index (χ3v) is 4.45. The minimum Gasteiger partial charge on any atom is -0.399 e. The molecule has 26 heavy (non-hydrogen) atoms. The van der Waals surface area contributed by atoms with Crippen molar-refractivity contribution in [1.29, 1.82) is 0 Å². The van der Waals surface area contributed by atoms with E-state index in [2.05, 4.69) is 15.4 Å². The fourth-order valence-electron chi connectivity index (χ4n) is 3.04. The van der Waals surface area contributed by atoms with Crippen LogP contribution in [-0.4, -0.2) is 20.7 Å². The number of H-pyrrole nitrogens is 1. The number of fused-ring (bicyclic) bond motifs is 1. The molecule has 0 fully saturated rings. The lowest BCUT2D eigenvalue weighted by Crippen LogP contribution is -2.17. The molecule has 1 amide bonds. The normalized spacial score (nSPS) is 10.6. The van der Waals surface area contributed by atoms with Gasteiger partial charge in [0.25, 0.3) is 5.56 Å². The molecule has 0 aliphatic heterocycles. The molecule has 8 heteroatoms. The number of aromatic nitrogens is 3. The van der Waals surface area contributed by atoms with Crippen LogP contribution < -0.4 is 16.6 Å². The summed E-state index contributed by atoms with van der Waals surface area (Å²) in [6.45, 7) is 5.60. The van der Waals surface area contributed by atoms with Gasteiger partial charge in [-0.3, -0.25) is 19.4 Å². The van der Waals surface area contributed by atoms with Gasteiger partial charge in [0.1, 0.15) is 0 Å². The van der Waals surface area contributed by atoms with Crippen molar-refractivity contribution in [1.82, 2.24) is 14.8 Å². The summed E-state index contributed by atoms with van der Waals surface area (Å²) in [7, 11) is 1.74. The van der Waals surface area contributed by atoms with Crippen LogP contribution in [0.1, 0.15) is 22.4 Å². The van der Waals surface area contributed by atoms with Gasteiger partial charge in [-0.1, -0.05) is 6.07 Å². The third-order valence-electron chi connectivity index (χ3n) is 4.45. The lowest BCUT2D eigenvalue weighted by atomic mass is 10.0. The maximum atomic E-state index is 12.5. The van der Waals surface area contributed by atoms with Gasteiger partial charge in [0.05, 0.1) is 11.8 Å². The van der Waals surface area contributed by atoms with Crippen molar-refractivity contribution in [2.75, 3.05) is 11.1 Å². The minimum absolute atomic E-state index is 0. The molecule has 3 aromatic rings. The maximum absolute atomic E-state index is 12.5. The van der Waals surface area contributed by atoms with Gasteiger partial charge < -0.3 is 11.1 Å². The molecule has 0 radical (unpaired) electrons. The molecule has 0 atom stereocenters. The molecule has 1 aromatic carbocycles. The highest BCUT2D eigenvalue weighted by atomic mass is 35.5. The lowest BCUT2D eigenvalue weighted by molar-refractivity contribution is -0.115. The number of rotatable bonds is 3. The first-order valence-electron chi connectivity index (χ1n) is 7.98. The smallest absolute Gasteiger partial charge is 0.273 e. The van der Waals surface area contributed by atoms with E-state index in [9.17, 15) is 9.59 Å². The summed E-state index contributed by atoms with van der Waals surface area (Å²) in [4.78, 5) is 29.1. The number of hydrogen-bond acceptors (Lipinski definition) is 4. The summed E-state index contributed by atoms with van der Waals surface area (Å²) in [5.41, 5.74) is 10.7. The average molecular weight is 376 g/mol. The summed E-state index contributed by atoms with van der Waals surface area (Å²) in [5, 5.41) is 6.11. The SMILES string of the molecule is Cc1ccc(N)cc1NC(=O)Cc1c(C)nc2c(c1C)c(=O)[nH]n2C.Cl. The number of nitrogens with two attached hydrogens (primary N) is 1. The highest BCUT2D eigenvalue weighted by Crippen LogP contribution is 2.22. The number of aryl methyl sites for hydroxylation is 4. The van der Waals surface area contributed by atoms with Gasteiger partial charge in [-0.05, 0) is 49.6 Å². The molecule has 2 heterocycles. The lowest BCUT2D eigenvalue weighted by Gasteiger charge is -2.12. The molecular formula is C18H22ClN5O2. The number of pyridine rings is 1. The van der Waals surface area contributed by atoms with Crippen LogP contribution >= 0.6 is 12.4 Å². The van der Waals surface area contributed by atoms with Crippen LogP contribution in [-0.2, 0) is 18.3 Å². The number of carbonyl (C=O) groups is 1. The van der Waals surface area contributed by atoms with E-state index < -0.39 is 0 Å². The second-order valence-electron chi connectivity index (χ2n) is 6.30. The summed E-state index contributed by atoms with van der Waals surface area (Å²) in [6, 6.07) is 5.38. The number of amides is 1. The molecular weight excluding hydrogens is 354 g/mol. The molecule has 0 aliphatic carbocycles. The predicted molar refractivity (Wildman–Crippen MR) is 106 cm³/mol. The van der Waals surface area contributed by atoms with Crippen molar-refractivity contribution in [2.45, 2.75) is 27.2 Å². The first-order chi connectivity index (χ1) is 11.8. The van der Waals surface area contributed by atoms with E-state index in [0.29, 0.717) is 22.4 Å². The van der Waals surface area contributed by atoms with E-state index in [1.54, 1.807) is 23.9 Å². The Morgan fingerprint density at radius 2 is 2.00 bits per heavy atom. The molecule has 0 unspecified atom stereocenters. The monoisotopic (exact) mass is 375 g/mol. The minimum atomic E-state index is -0.198. The number of benzene rings is 1. The van der Waals surface area contributed by atoms with Gasteiger partial charge in [-0.2, -0.15) is 0 Å². The molecule has 3 rings (SSSR count). The molecule has 7 nitrogen and oxygen atoms in total. The number of anilines is 2. The van der Waals surface area contributed by atoms with Crippen molar-refractivity contribution < 1.29 is 4.79 Å². The molecule has 4 N–H and O–H groups in total. The molecule has 138 valence electrons. The van der Waals surface area contributed by atoms with Gasteiger partial charge in [0.2, 0.25) is 5.91 Å². The van der Waals surface area contributed by atoms with Crippen molar-refractivity contribution in [3.8, 4) is 0 Å². The largest absolute Gasteiger partial charge is 0.399 e. The van der Waals surface area contributed by atoms with Crippen LogP contribution in [0.25, 0.3) is 11.0 Å². The van der Waals surface area contributed by atoms with E-state index in [-0.39, 0.29) is 30.3 Å². The second kappa shape index (κ2) is 7.21. The van der Waals surface area contributed by atoms with Gasteiger partial charge in [-0.15, -0.1) is 12.4 Å². The topological polar surface area (TPSA) is 106 Å². The first-order valence-corrected chi connectivity index (χ1v) is 7.98. The fourth-order valence-corrected chi connectivity index (χ4v) is 3.04. The van der Waals surface area contributed by atoms with Gasteiger partial charge in [0, 0.05) is 24.1 Å².